The predicted octanol–water partition coefficient (Wildman–Crippen LogP) is 3.77. The Kier molecular flexibility index (Phi) is 6.16. The van der Waals surface area contributed by atoms with Gasteiger partial charge in [-0.2, -0.15) is 0 Å². The Morgan fingerprint density at radius 3 is 2.64 bits per heavy atom. The fourth-order valence-electron chi connectivity index (χ4n) is 4.11. The Bertz CT molecular complexity index is 1210. The molecule has 33 heavy (non-hydrogen) atoms. The molecule has 1 atom stereocenters. The van der Waals surface area contributed by atoms with Crippen LogP contribution in [-0.2, 0) is 21.5 Å². The Morgan fingerprint density at radius 2 is 1.97 bits per heavy atom. The number of benzene rings is 1. The van der Waals surface area contributed by atoms with Crippen molar-refractivity contribution in [2.24, 2.45) is 5.73 Å². The number of hydrogen-bond donors (Lipinski definition) is 1. The standard InChI is InChI=1S/C24H27N5O3S/c1-15(18(30)14-20-24(2,3)16-8-5-6-9-17(16)28(20)4)33-23-27-26-22(19-10-7-13-32-19)29(23)12-11-21(25)31/h5-10,13-15H,11-12H2,1-4H3,(H2,25,31)/b20-14+. The summed E-state index contributed by atoms with van der Waals surface area (Å²) in [7, 11) is 1.99. The molecule has 9 heteroatoms. The number of fused-ring (bicyclic) bond motifs is 1. The molecule has 0 saturated carbocycles. The van der Waals surface area contributed by atoms with Crippen LogP contribution in [0, 0.1) is 0 Å². The zero-order valence-corrected chi connectivity index (χ0v) is 19.9. The van der Waals surface area contributed by atoms with Crippen molar-refractivity contribution in [3.63, 3.8) is 0 Å². The van der Waals surface area contributed by atoms with E-state index in [0.717, 1.165) is 11.4 Å². The van der Waals surface area contributed by atoms with E-state index in [1.165, 1.54) is 17.3 Å². The summed E-state index contributed by atoms with van der Waals surface area (Å²) in [5, 5.41) is 8.61. The number of amides is 1. The van der Waals surface area contributed by atoms with E-state index in [2.05, 4.69) is 41.1 Å². The van der Waals surface area contributed by atoms with E-state index in [0.29, 0.717) is 23.3 Å². The Hall–Kier alpha value is -3.33. The summed E-state index contributed by atoms with van der Waals surface area (Å²) in [5.41, 5.74) is 8.33. The van der Waals surface area contributed by atoms with Crippen LogP contribution >= 0.6 is 11.8 Å². The SMILES string of the molecule is CC(Sc1nnc(-c2ccco2)n1CCC(N)=O)C(=O)/C=C1/N(C)c2ccccc2C1(C)C. The quantitative estimate of drug-likeness (QED) is 0.398. The van der Waals surface area contributed by atoms with Crippen LogP contribution < -0.4 is 10.6 Å². The Balaban J connectivity index is 1.58. The van der Waals surface area contributed by atoms with Crippen molar-refractivity contribution in [3.8, 4) is 11.6 Å². The normalized spacial score (nSPS) is 16.7. The lowest BCUT2D eigenvalue weighted by Crippen LogP contribution is -2.25. The molecule has 0 fully saturated rings. The minimum atomic E-state index is -0.426. The molecule has 0 bridgehead atoms. The van der Waals surface area contributed by atoms with Crippen LogP contribution in [0.5, 0.6) is 0 Å². The molecule has 3 heterocycles. The molecule has 4 rings (SSSR count). The van der Waals surface area contributed by atoms with E-state index in [-0.39, 0.29) is 17.6 Å². The molecule has 2 aromatic heterocycles. The molecule has 1 aliphatic heterocycles. The summed E-state index contributed by atoms with van der Waals surface area (Å²) in [4.78, 5) is 26.7. The first-order valence-electron chi connectivity index (χ1n) is 10.7. The fourth-order valence-corrected chi connectivity index (χ4v) is 5.01. The maximum atomic E-state index is 13.2. The number of aromatic nitrogens is 3. The first-order chi connectivity index (χ1) is 15.7. The lowest BCUT2D eigenvalue weighted by Gasteiger charge is -2.24. The molecule has 1 aromatic carbocycles. The number of nitrogens with zero attached hydrogens (tertiary/aromatic N) is 4. The highest BCUT2D eigenvalue weighted by atomic mass is 32.2. The molecular weight excluding hydrogens is 438 g/mol. The number of anilines is 1. The topological polar surface area (TPSA) is 107 Å². The molecule has 8 nitrogen and oxygen atoms in total. The third kappa shape index (κ3) is 4.32. The molecule has 0 aliphatic carbocycles. The monoisotopic (exact) mass is 465 g/mol. The maximum absolute atomic E-state index is 13.2. The second-order valence-electron chi connectivity index (χ2n) is 8.54. The third-order valence-electron chi connectivity index (χ3n) is 5.94. The van der Waals surface area contributed by atoms with Crippen molar-refractivity contribution >= 4 is 29.1 Å². The molecule has 0 saturated heterocycles. The second kappa shape index (κ2) is 8.90. The van der Waals surface area contributed by atoms with E-state index in [4.69, 9.17) is 10.2 Å². The first-order valence-corrected chi connectivity index (χ1v) is 11.6. The molecular formula is C24H27N5O3S. The van der Waals surface area contributed by atoms with E-state index >= 15 is 0 Å². The lowest BCUT2D eigenvalue weighted by atomic mass is 9.83. The minimum absolute atomic E-state index is 0.0215. The van der Waals surface area contributed by atoms with Gasteiger partial charge < -0.3 is 15.1 Å². The number of primary amides is 1. The van der Waals surface area contributed by atoms with Crippen molar-refractivity contribution < 1.29 is 14.0 Å². The van der Waals surface area contributed by atoms with E-state index in [1.54, 1.807) is 29.0 Å². The van der Waals surface area contributed by atoms with Gasteiger partial charge in [-0.25, -0.2) is 0 Å². The van der Waals surface area contributed by atoms with Crippen molar-refractivity contribution in [2.45, 2.75) is 49.6 Å². The van der Waals surface area contributed by atoms with Gasteiger partial charge in [-0.3, -0.25) is 14.2 Å². The smallest absolute Gasteiger partial charge is 0.219 e. The van der Waals surface area contributed by atoms with Crippen molar-refractivity contribution in [1.29, 1.82) is 0 Å². The van der Waals surface area contributed by atoms with E-state index in [9.17, 15) is 9.59 Å². The maximum Gasteiger partial charge on any atom is 0.219 e. The van der Waals surface area contributed by atoms with Gasteiger partial charge in [0.2, 0.25) is 5.91 Å². The molecule has 1 unspecified atom stereocenters. The lowest BCUT2D eigenvalue weighted by molar-refractivity contribution is -0.118. The average Bonchev–Trinajstić information content (AvgIpc) is 3.48. The van der Waals surface area contributed by atoms with Gasteiger partial charge >= 0.3 is 0 Å². The highest BCUT2D eigenvalue weighted by Gasteiger charge is 2.39. The molecule has 2 N–H and O–H groups in total. The number of carbonyl (C=O) groups is 2. The van der Waals surface area contributed by atoms with Crippen LogP contribution in [0.4, 0.5) is 5.69 Å². The van der Waals surface area contributed by atoms with Gasteiger partial charge in [-0.05, 0) is 30.7 Å². The van der Waals surface area contributed by atoms with E-state index < -0.39 is 11.2 Å². The van der Waals surface area contributed by atoms with Crippen LogP contribution in [0.3, 0.4) is 0 Å². The largest absolute Gasteiger partial charge is 0.461 e. The number of rotatable bonds is 8. The van der Waals surface area contributed by atoms with Crippen molar-refractivity contribution in [3.05, 3.63) is 60.0 Å². The van der Waals surface area contributed by atoms with Crippen LogP contribution in [0.1, 0.15) is 32.8 Å². The molecule has 0 spiro atoms. The summed E-state index contributed by atoms with van der Waals surface area (Å²) in [6.45, 7) is 6.40. The molecule has 172 valence electrons. The highest BCUT2D eigenvalue weighted by molar-refractivity contribution is 8.00. The fraction of sp³-hybridized carbons (Fsp3) is 0.333. The number of allylic oxidation sites excluding steroid dienone is 2. The van der Waals surface area contributed by atoms with Gasteiger partial charge in [0.1, 0.15) is 0 Å². The highest BCUT2D eigenvalue weighted by Crippen LogP contribution is 2.46. The van der Waals surface area contributed by atoms with Gasteiger partial charge in [-0.1, -0.05) is 43.8 Å². The van der Waals surface area contributed by atoms with Crippen LogP contribution in [0.25, 0.3) is 11.6 Å². The summed E-state index contributed by atoms with van der Waals surface area (Å²) in [6.07, 6.45) is 3.41. The van der Waals surface area contributed by atoms with Crippen molar-refractivity contribution in [1.82, 2.24) is 14.8 Å². The number of carbonyl (C=O) groups excluding carboxylic acids is 2. The molecule has 3 aromatic rings. The number of likely N-dealkylation sites (N-methyl/N-ethyl adjacent to an activating group) is 1. The summed E-state index contributed by atoms with van der Waals surface area (Å²) in [6, 6.07) is 11.7. The van der Waals surface area contributed by atoms with Gasteiger partial charge in [0.25, 0.3) is 0 Å². The Morgan fingerprint density at radius 1 is 1.21 bits per heavy atom. The van der Waals surface area contributed by atoms with Crippen LogP contribution in [0.2, 0.25) is 0 Å². The van der Waals surface area contributed by atoms with Gasteiger partial charge in [0.15, 0.2) is 22.5 Å². The number of ketones is 1. The van der Waals surface area contributed by atoms with Crippen LogP contribution in [0.15, 0.2) is 64.0 Å². The van der Waals surface area contributed by atoms with Crippen LogP contribution in [-0.4, -0.2) is 38.8 Å². The van der Waals surface area contributed by atoms with Gasteiger partial charge in [-0.15, -0.1) is 10.2 Å². The number of furan rings is 1. The predicted molar refractivity (Wildman–Crippen MR) is 128 cm³/mol. The molecule has 1 amide bonds. The Labute approximate surface area is 196 Å². The minimum Gasteiger partial charge on any atom is -0.461 e. The molecule has 1 aliphatic rings. The summed E-state index contributed by atoms with van der Waals surface area (Å²) >= 11 is 1.30. The summed E-state index contributed by atoms with van der Waals surface area (Å²) in [5.74, 6) is 0.581. The number of thioether (sulfide) groups is 1. The number of hydrogen-bond acceptors (Lipinski definition) is 7. The van der Waals surface area contributed by atoms with E-state index in [1.807, 2.05) is 26.1 Å². The third-order valence-corrected chi connectivity index (χ3v) is 7.04. The summed E-state index contributed by atoms with van der Waals surface area (Å²) < 4.78 is 7.23. The average molecular weight is 466 g/mol. The van der Waals surface area contributed by atoms with Crippen molar-refractivity contribution in [2.75, 3.05) is 11.9 Å². The first kappa shape index (κ1) is 22.8. The zero-order chi connectivity index (χ0) is 23.8. The van der Waals surface area contributed by atoms with Gasteiger partial charge in [0.05, 0.1) is 11.5 Å². The zero-order valence-electron chi connectivity index (χ0n) is 19.1. The number of para-hydroxylation sites is 1. The molecule has 0 radical (unpaired) electrons. The second-order valence-corrected chi connectivity index (χ2v) is 9.85. The number of nitrogens with two attached hydrogens (primary N) is 1. The van der Waals surface area contributed by atoms with Gasteiger partial charge in [0, 0.05) is 42.9 Å².